The van der Waals surface area contributed by atoms with Gasteiger partial charge in [-0.15, -0.1) is 12.4 Å². The minimum Gasteiger partial charge on any atom is -0.381 e. The van der Waals surface area contributed by atoms with E-state index in [4.69, 9.17) is 4.74 Å². The lowest BCUT2D eigenvalue weighted by Gasteiger charge is -2.38. The van der Waals surface area contributed by atoms with Crippen LogP contribution in [0.5, 0.6) is 0 Å². The molecule has 1 unspecified atom stereocenters. The lowest BCUT2D eigenvalue weighted by atomic mass is 9.85. The molecule has 2 heterocycles. The quantitative estimate of drug-likeness (QED) is 0.745. The molecular formula is C9H17ClFNO. The third-order valence-corrected chi connectivity index (χ3v) is 2.79. The summed E-state index contributed by atoms with van der Waals surface area (Å²) < 4.78 is 18.9. The van der Waals surface area contributed by atoms with Crippen molar-refractivity contribution in [3.8, 4) is 0 Å². The normalized spacial score (nSPS) is 31.6. The van der Waals surface area contributed by atoms with Crippen molar-refractivity contribution in [1.29, 1.82) is 0 Å². The topological polar surface area (TPSA) is 21.3 Å². The maximum absolute atomic E-state index is 13.6. The van der Waals surface area contributed by atoms with Gasteiger partial charge in [-0.3, -0.25) is 0 Å². The molecule has 2 rings (SSSR count). The number of alkyl halides is 1. The van der Waals surface area contributed by atoms with Crippen LogP contribution in [0.3, 0.4) is 0 Å². The fourth-order valence-corrected chi connectivity index (χ4v) is 2.03. The molecule has 2 fully saturated rings. The molecule has 0 amide bonds. The number of halogens is 2. The largest absolute Gasteiger partial charge is 0.381 e. The Kier molecular flexibility index (Phi) is 3.95. The summed E-state index contributed by atoms with van der Waals surface area (Å²) in [4.78, 5) is 0. The zero-order chi connectivity index (χ0) is 8.44. The molecule has 0 saturated carbocycles. The van der Waals surface area contributed by atoms with Crippen molar-refractivity contribution >= 4 is 12.4 Å². The zero-order valence-electron chi connectivity index (χ0n) is 7.72. The van der Waals surface area contributed by atoms with Gasteiger partial charge in [0.2, 0.25) is 0 Å². The van der Waals surface area contributed by atoms with Crippen LogP contribution in [0.15, 0.2) is 0 Å². The summed E-state index contributed by atoms with van der Waals surface area (Å²) >= 11 is 0. The van der Waals surface area contributed by atoms with E-state index in [0.717, 1.165) is 26.1 Å². The van der Waals surface area contributed by atoms with Gasteiger partial charge in [0.05, 0.1) is 0 Å². The summed E-state index contributed by atoms with van der Waals surface area (Å²) in [7, 11) is 0. The van der Waals surface area contributed by atoms with Crippen LogP contribution in [0.25, 0.3) is 0 Å². The molecule has 4 heteroatoms. The first-order valence-corrected chi connectivity index (χ1v) is 4.76. The monoisotopic (exact) mass is 209 g/mol. The molecule has 0 bridgehead atoms. The Hall–Kier alpha value is 0.140. The molecule has 0 radical (unpaired) electrons. The van der Waals surface area contributed by atoms with Crippen LogP contribution in [-0.4, -0.2) is 32.0 Å². The van der Waals surface area contributed by atoms with Crippen LogP contribution >= 0.6 is 12.4 Å². The first kappa shape index (κ1) is 11.2. The van der Waals surface area contributed by atoms with E-state index in [-0.39, 0.29) is 12.4 Å². The maximum atomic E-state index is 13.6. The van der Waals surface area contributed by atoms with E-state index in [1.807, 2.05) is 0 Å². The SMILES string of the molecule is Cl.FC1(CC2CCCOC2)CNC1. The van der Waals surface area contributed by atoms with E-state index in [1.165, 1.54) is 0 Å². The molecular weight excluding hydrogens is 193 g/mol. The summed E-state index contributed by atoms with van der Waals surface area (Å²) in [6.45, 7) is 2.73. The molecule has 0 aromatic rings. The van der Waals surface area contributed by atoms with Crippen LogP contribution in [0, 0.1) is 5.92 Å². The minimum atomic E-state index is -0.911. The standard InChI is InChI=1S/C9H16FNO.ClH/c10-9(6-11-7-9)4-8-2-1-3-12-5-8;/h8,11H,1-7H2;1H. The predicted octanol–water partition coefficient (Wildman–Crippen LogP) is 1.54. The molecule has 1 N–H and O–H groups in total. The predicted molar refractivity (Wildman–Crippen MR) is 52.1 cm³/mol. The number of rotatable bonds is 2. The highest BCUT2D eigenvalue weighted by Gasteiger charge is 2.39. The Morgan fingerprint density at radius 1 is 1.46 bits per heavy atom. The van der Waals surface area contributed by atoms with E-state index in [0.29, 0.717) is 25.4 Å². The number of nitrogens with one attached hydrogen (secondary N) is 1. The van der Waals surface area contributed by atoms with Gasteiger partial charge in [0.1, 0.15) is 5.67 Å². The van der Waals surface area contributed by atoms with Gasteiger partial charge >= 0.3 is 0 Å². The summed E-state index contributed by atoms with van der Waals surface area (Å²) in [6, 6.07) is 0. The third kappa shape index (κ3) is 2.79. The van der Waals surface area contributed by atoms with Gasteiger partial charge in [-0.2, -0.15) is 0 Å². The lowest BCUT2D eigenvalue weighted by molar-refractivity contribution is 0.00117. The second-order valence-electron chi connectivity index (χ2n) is 4.04. The smallest absolute Gasteiger partial charge is 0.136 e. The molecule has 0 spiro atoms. The van der Waals surface area contributed by atoms with Crippen molar-refractivity contribution in [2.24, 2.45) is 5.92 Å². The lowest BCUT2D eigenvalue weighted by Crippen LogP contribution is -2.57. The van der Waals surface area contributed by atoms with Crippen LogP contribution in [0.4, 0.5) is 4.39 Å². The van der Waals surface area contributed by atoms with Gasteiger partial charge in [0.25, 0.3) is 0 Å². The second kappa shape index (κ2) is 4.58. The van der Waals surface area contributed by atoms with Crippen molar-refractivity contribution in [2.75, 3.05) is 26.3 Å². The number of ether oxygens (including phenoxy) is 1. The molecule has 78 valence electrons. The van der Waals surface area contributed by atoms with Crippen LogP contribution in [0.2, 0.25) is 0 Å². The third-order valence-electron chi connectivity index (χ3n) is 2.79. The average molecular weight is 210 g/mol. The zero-order valence-corrected chi connectivity index (χ0v) is 8.54. The molecule has 0 aromatic carbocycles. The van der Waals surface area contributed by atoms with Gasteiger partial charge in [-0.1, -0.05) is 0 Å². The van der Waals surface area contributed by atoms with Crippen molar-refractivity contribution in [3.05, 3.63) is 0 Å². The van der Waals surface area contributed by atoms with E-state index in [9.17, 15) is 4.39 Å². The van der Waals surface area contributed by atoms with Gasteiger partial charge < -0.3 is 10.1 Å². The molecule has 0 aromatic heterocycles. The van der Waals surface area contributed by atoms with Crippen molar-refractivity contribution in [1.82, 2.24) is 5.32 Å². The Balaban J connectivity index is 0.000000845. The fourth-order valence-electron chi connectivity index (χ4n) is 2.03. The molecule has 1 atom stereocenters. The molecule has 2 aliphatic rings. The first-order chi connectivity index (χ1) is 5.79. The first-order valence-electron chi connectivity index (χ1n) is 4.76. The summed E-state index contributed by atoms with van der Waals surface area (Å²) in [6.07, 6.45) is 2.94. The highest BCUT2D eigenvalue weighted by molar-refractivity contribution is 5.85. The highest BCUT2D eigenvalue weighted by atomic mass is 35.5. The average Bonchev–Trinajstić information content (AvgIpc) is 2.04. The summed E-state index contributed by atoms with van der Waals surface area (Å²) in [5, 5.41) is 2.98. The Morgan fingerprint density at radius 3 is 2.69 bits per heavy atom. The molecule has 2 aliphatic heterocycles. The van der Waals surface area contributed by atoms with E-state index >= 15 is 0 Å². The maximum Gasteiger partial charge on any atom is 0.136 e. The minimum absolute atomic E-state index is 0. The van der Waals surface area contributed by atoms with Crippen molar-refractivity contribution in [2.45, 2.75) is 24.9 Å². The fraction of sp³-hybridized carbons (Fsp3) is 1.00. The summed E-state index contributed by atoms with van der Waals surface area (Å²) in [5.74, 6) is 0.464. The molecule has 2 nitrogen and oxygen atoms in total. The van der Waals surface area contributed by atoms with Crippen molar-refractivity contribution < 1.29 is 9.13 Å². The van der Waals surface area contributed by atoms with Crippen LogP contribution in [0.1, 0.15) is 19.3 Å². The van der Waals surface area contributed by atoms with E-state index < -0.39 is 5.67 Å². The molecule has 2 saturated heterocycles. The highest BCUT2D eigenvalue weighted by Crippen LogP contribution is 2.29. The van der Waals surface area contributed by atoms with E-state index in [2.05, 4.69) is 5.32 Å². The van der Waals surface area contributed by atoms with Crippen molar-refractivity contribution in [3.63, 3.8) is 0 Å². The second-order valence-corrected chi connectivity index (χ2v) is 4.04. The van der Waals surface area contributed by atoms with Gasteiger partial charge in [-0.25, -0.2) is 4.39 Å². The van der Waals surface area contributed by atoms with Crippen LogP contribution < -0.4 is 5.32 Å². The van der Waals surface area contributed by atoms with Crippen LogP contribution in [-0.2, 0) is 4.74 Å². The Bertz CT molecular complexity index is 158. The van der Waals surface area contributed by atoms with Gasteiger partial charge in [0.15, 0.2) is 0 Å². The van der Waals surface area contributed by atoms with E-state index in [1.54, 1.807) is 0 Å². The molecule has 0 aliphatic carbocycles. The Morgan fingerprint density at radius 2 is 2.23 bits per heavy atom. The van der Waals surface area contributed by atoms with Gasteiger partial charge in [0, 0.05) is 26.3 Å². The number of hydrogen-bond donors (Lipinski definition) is 1. The molecule has 13 heavy (non-hydrogen) atoms. The number of hydrogen-bond acceptors (Lipinski definition) is 2. The summed E-state index contributed by atoms with van der Waals surface area (Å²) in [5.41, 5.74) is -0.911. The van der Waals surface area contributed by atoms with Gasteiger partial charge in [-0.05, 0) is 25.2 Å². The Labute approximate surface area is 84.6 Å².